The topological polar surface area (TPSA) is 84.9 Å². The van der Waals surface area contributed by atoms with E-state index in [1.807, 2.05) is 0 Å². The Morgan fingerprint density at radius 3 is 2.39 bits per heavy atom. The molecule has 0 fully saturated rings. The minimum atomic E-state index is -1.04. The molecule has 1 atom stereocenters. The van der Waals surface area contributed by atoms with Crippen LogP contribution in [0.1, 0.15) is 39.5 Å². The number of aliphatic carboxylic acids is 1. The van der Waals surface area contributed by atoms with Crippen molar-refractivity contribution in [2.75, 3.05) is 19.0 Å². The van der Waals surface area contributed by atoms with Gasteiger partial charge in [-0.3, -0.25) is 4.79 Å². The molecule has 0 radical (unpaired) electrons. The summed E-state index contributed by atoms with van der Waals surface area (Å²) in [5, 5.41) is 11.4. The van der Waals surface area contributed by atoms with Gasteiger partial charge in [-0.2, -0.15) is 0 Å². The molecule has 0 bridgehead atoms. The van der Waals surface area contributed by atoms with Crippen LogP contribution in [-0.4, -0.2) is 36.3 Å². The largest absolute Gasteiger partial charge is 0.482 e. The first-order valence-corrected chi connectivity index (χ1v) is 7.72. The van der Waals surface area contributed by atoms with Crippen molar-refractivity contribution in [2.45, 2.75) is 45.1 Å². The minimum absolute atomic E-state index is 0.199. The molecule has 1 rings (SSSR count). The highest BCUT2D eigenvalue weighted by atomic mass is 16.5. The number of benzene rings is 1. The molecule has 0 aliphatic carbocycles. The van der Waals surface area contributed by atoms with Gasteiger partial charge in [-0.15, -0.1) is 0 Å². The van der Waals surface area contributed by atoms with Crippen molar-refractivity contribution < 1.29 is 24.2 Å². The molecule has 6 nitrogen and oxygen atoms in total. The van der Waals surface area contributed by atoms with E-state index in [9.17, 15) is 9.59 Å². The number of hydrogen-bond acceptors (Lipinski definition) is 4. The van der Waals surface area contributed by atoms with E-state index in [1.165, 1.54) is 7.11 Å². The van der Waals surface area contributed by atoms with Gasteiger partial charge in [-0.05, 0) is 37.6 Å². The van der Waals surface area contributed by atoms with Gasteiger partial charge in [0.15, 0.2) is 6.61 Å². The molecule has 0 saturated carbocycles. The number of carboxylic acids is 1. The van der Waals surface area contributed by atoms with Crippen LogP contribution >= 0.6 is 0 Å². The molecule has 1 aromatic carbocycles. The van der Waals surface area contributed by atoms with E-state index in [1.54, 1.807) is 31.2 Å². The molecule has 0 saturated heterocycles. The fraction of sp³-hybridized carbons (Fsp3) is 0.529. The Kier molecular flexibility index (Phi) is 7.54. The van der Waals surface area contributed by atoms with Crippen LogP contribution in [-0.2, 0) is 14.3 Å². The lowest BCUT2D eigenvalue weighted by atomic mass is 9.97. The summed E-state index contributed by atoms with van der Waals surface area (Å²) in [6, 6.07) is 6.55. The summed E-state index contributed by atoms with van der Waals surface area (Å²) in [5.41, 5.74) is -0.260. The Bertz CT molecular complexity index is 514. The summed E-state index contributed by atoms with van der Waals surface area (Å²) < 4.78 is 10.4. The van der Waals surface area contributed by atoms with Gasteiger partial charge in [0.1, 0.15) is 11.4 Å². The number of nitrogens with one attached hydrogen (secondary N) is 1. The predicted molar refractivity (Wildman–Crippen MR) is 87.8 cm³/mol. The van der Waals surface area contributed by atoms with Gasteiger partial charge in [0.05, 0.1) is 0 Å². The fourth-order valence-corrected chi connectivity index (χ4v) is 2.06. The highest BCUT2D eigenvalue weighted by Crippen LogP contribution is 2.22. The van der Waals surface area contributed by atoms with Crippen LogP contribution in [0, 0.1) is 0 Å². The molecule has 128 valence electrons. The van der Waals surface area contributed by atoms with E-state index in [0.717, 1.165) is 19.3 Å². The van der Waals surface area contributed by atoms with Gasteiger partial charge >= 0.3 is 5.97 Å². The number of unbranched alkanes of at least 4 members (excludes halogenated alkanes) is 2. The molecule has 0 heterocycles. The maximum absolute atomic E-state index is 12.4. The van der Waals surface area contributed by atoms with E-state index < -0.39 is 18.2 Å². The smallest absolute Gasteiger partial charge is 0.341 e. The molecule has 6 heteroatoms. The summed E-state index contributed by atoms with van der Waals surface area (Å²) in [5.74, 6) is -0.802. The molecule has 1 aromatic rings. The molecule has 1 unspecified atom stereocenters. The first-order valence-electron chi connectivity index (χ1n) is 7.72. The average molecular weight is 323 g/mol. The number of rotatable bonds is 10. The van der Waals surface area contributed by atoms with E-state index in [4.69, 9.17) is 14.6 Å². The average Bonchev–Trinajstić information content (AvgIpc) is 2.54. The molecular formula is C17H25NO5. The van der Waals surface area contributed by atoms with Crippen LogP contribution in [0.4, 0.5) is 5.69 Å². The zero-order valence-corrected chi connectivity index (χ0v) is 13.9. The Morgan fingerprint density at radius 2 is 1.87 bits per heavy atom. The van der Waals surface area contributed by atoms with Gasteiger partial charge < -0.3 is 19.9 Å². The molecule has 23 heavy (non-hydrogen) atoms. The Balaban J connectivity index is 2.62. The van der Waals surface area contributed by atoms with Crippen molar-refractivity contribution in [3.05, 3.63) is 24.3 Å². The molecule has 0 aliphatic heterocycles. The first-order chi connectivity index (χ1) is 10.9. The number of anilines is 1. The molecule has 0 spiro atoms. The highest BCUT2D eigenvalue weighted by molar-refractivity contribution is 5.97. The van der Waals surface area contributed by atoms with Crippen LogP contribution in [0.2, 0.25) is 0 Å². The van der Waals surface area contributed by atoms with E-state index in [0.29, 0.717) is 17.9 Å². The maximum atomic E-state index is 12.4. The molecule has 1 amide bonds. The van der Waals surface area contributed by atoms with E-state index in [2.05, 4.69) is 12.2 Å². The van der Waals surface area contributed by atoms with Crippen LogP contribution in [0.5, 0.6) is 5.75 Å². The lowest BCUT2D eigenvalue weighted by molar-refractivity contribution is -0.139. The molecular weight excluding hydrogens is 298 g/mol. The summed E-state index contributed by atoms with van der Waals surface area (Å²) in [6.45, 7) is 3.49. The van der Waals surface area contributed by atoms with Crippen molar-refractivity contribution >= 4 is 17.6 Å². The Morgan fingerprint density at radius 1 is 1.22 bits per heavy atom. The van der Waals surface area contributed by atoms with Gasteiger partial charge in [0, 0.05) is 12.8 Å². The van der Waals surface area contributed by atoms with E-state index >= 15 is 0 Å². The third-order valence-corrected chi connectivity index (χ3v) is 3.66. The normalized spacial score (nSPS) is 13.2. The number of ether oxygens (including phenoxy) is 2. The standard InChI is InChI=1S/C17H25NO5/c1-4-5-6-11-17(2,22-3)16(21)18-13-7-9-14(10-8-13)23-12-15(19)20/h7-10H,4-6,11-12H2,1-3H3,(H,18,21)(H,19,20). The Hall–Kier alpha value is -2.08. The van der Waals surface area contributed by atoms with Crippen LogP contribution in [0.3, 0.4) is 0 Å². The third-order valence-electron chi connectivity index (χ3n) is 3.66. The van der Waals surface area contributed by atoms with Crippen molar-refractivity contribution in [1.82, 2.24) is 0 Å². The number of methoxy groups -OCH3 is 1. The zero-order valence-electron chi connectivity index (χ0n) is 13.9. The number of carbonyl (C=O) groups is 2. The first kappa shape index (κ1) is 19.0. The third kappa shape index (κ3) is 6.28. The van der Waals surface area contributed by atoms with Crippen molar-refractivity contribution in [1.29, 1.82) is 0 Å². The monoisotopic (exact) mass is 323 g/mol. The molecule has 0 aliphatic rings. The van der Waals surface area contributed by atoms with Crippen molar-refractivity contribution in [2.24, 2.45) is 0 Å². The maximum Gasteiger partial charge on any atom is 0.341 e. The van der Waals surface area contributed by atoms with Crippen LogP contribution in [0.15, 0.2) is 24.3 Å². The number of hydrogen-bond donors (Lipinski definition) is 2. The number of carbonyl (C=O) groups excluding carboxylic acids is 1. The van der Waals surface area contributed by atoms with Gasteiger partial charge in [-0.25, -0.2) is 4.79 Å². The molecule has 2 N–H and O–H groups in total. The van der Waals surface area contributed by atoms with Gasteiger partial charge in [0.2, 0.25) is 0 Å². The predicted octanol–water partition coefficient (Wildman–Crippen LogP) is 3.07. The van der Waals surface area contributed by atoms with Crippen LogP contribution < -0.4 is 10.1 Å². The summed E-state index contributed by atoms with van der Waals surface area (Å²) >= 11 is 0. The Labute approximate surface area is 136 Å². The SMILES string of the molecule is CCCCCC(C)(OC)C(=O)Nc1ccc(OCC(=O)O)cc1. The quantitative estimate of drug-likeness (QED) is 0.646. The molecule has 0 aromatic heterocycles. The van der Waals surface area contributed by atoms with Crippen molar-refractivity contribution in [3.8, 4) is 5.75 Å². The minimum Gasteiger partial charge on any atom is -0.482 e. The fourth-order valence-electron chi connectivity index (χ4n) is 2.06. The highest BCUT2D eigenvalue weighted by Gasteiger charge is 2.32. The summed E-state index contributed by atoms with van der Waals surface area (Å²) in [7, 11) is 1.54. The van der Waals surface area contributed by atoms with E-state index in [-0.39, 0.29) is 5.91 Å². The number of carboxylic acid groups (broad SMARTS) is 1. The zero-order chi connectivity index (χ0) is 17.3. The van der Waals surface area contributed by atoms with Crippen molar-refractivity contribution in [3.63, 3.8) is 0 Å². The summed E-state index contributed by atoms with van der Waals surface area (Å²) in [4.78, 5) is 22.9. The number of amides is 1. The second-order valence-corrected chi connectivity index (χ2v) is 5.55. The second kappa shape index (κ2) is 9.15. The summed E-state index contributed by atoms with van der Waals surface area (Å²) in [6.07, 6.45) is 3.72. The second-order valence-electron chi connectivity index (χ2n) is 5.55. The lowest BCUT2D eigenvalue weighted by Crippen LogP contribution is -2.41. The van der Waals surface area contributed by atoms with Gasteiger partial charge in [0.25, 0.3) is 5.91 Å². The van der Waals surface area contributed by atoms with Crippen LogP contribution in [0.25, 0.3) is 0 Å². The lowest BCUT2D eigenvalue weighted by Gasteiger charge is -2.27. The van der Waals surface area contributed by atoms with Gasteiger partial charge in [-0.1, -0.05) is 26.2 Å².